The van der Waals surface area contributed by atoms with Crippen molar-refractivity contribution >= 4 is 17.7 Å². The molecule has 0 spiro atoms. The van der Waals surface area contributed by atoms with Crippen molar-refractivity contribution in [2.45, 2.75) is 0 Å². The lowest BCUT2D eigenvalue weighted by Crippen LogP contribution is -2.08. The summed E-state index contributed by atoms with van der Waals surface area (Å²) in [6.07, 6.45) is 3.72. The van der Waals surface area contributed by atoms with Gasteiger partial charge in [0.2, 0.25) is 0 Å². The third kappa shape index (κ3) is 1.31. The molecule has 1 aliphatic heterocycles. The van der Waals surface area contributed by atoms with Crippen molar-refractivity contribution in [3.8, 4) is 0 Å². The highest BCUT2D eigenvalue weighted by atomic mass is 16.3. The van der Waals surface area contributed by atoms with Crippen molar-refractivity contribution in [1.82, 2.24) is 0 Å². The predicted octanol–water partition coefficient (Wildman–Crippen LogP) is 2.03. The topological polar surface area (TPSA) is 58.5 Å². The molecule has 0 atom stereocenters. The molecule has 14 heavy (non-hydrogen) atoms. The molecule has 4 heteroatoms. The van der Waals surface area contributed by atoms with E-state index in [2.05, 4.69) is 10.5 Å². The number of hydrogen-bond acceptors (Lipinski definition) is 3. The molecule has 0 unspecified atom stereocenters. The molecule has 0 fully saturated rings. The number of nitrogens with zero attached hydrogens (tertiary/aromatic N) is 1. The molecule has 1 amide bonds. The minimum atomic E-state index is -0.727. The van der Waals surface area contributed by atoms with Crippen molar-refractivity contribution in [3.63, 3.8) is 0 Å². The summed E-state index contributed by atoms with van der Waals surface area (Å²) in [5.74, 6) is -0.727. The lowest BCUT2D eigenvalue weighted by atomic mass is 10.0. The number of nitrogens with one attached hydrogen (secondary N) is 1. The van der Waals surface area contributed by atoms with E-state index < -0.39 is 5.91 Å². The van der Waals surface area contributed by atoms with Crippen molar-refractivity contribution in [2.75, 3.05) is 11.9 Å². The van der Waals surface area contributed by atoms with Gasteiger partial charge in [-0.1, -0.05) is 18.2 Å². The van der Waals surface area contributed by atoms with Crippen molar-refractivity contribution in [3.05, 3.63) is 40.3 Å². The molecule has 0 saturated carbocycles. The van der Waals surface area contributed by atoms with Gasteiger partial charge in [-0.3, -0.25) is 4.79 Å². The Balaban J connectivity index is 2.57. The Morgan fingerprint density at radius 2 is 2.29 bits per heavy atom. The number of benzene rings is 1. The summed E-state index contributed by atoms with van der Waals surface area (Å²) in [5, 5.41) is 5.52. The number of fused-ring (bicyclic) bond motifs is 1. The van der Waals surface area contributed by atoms with Crippen LogP contribution in [0.2, 0.25) is 0 Å². The minimum Gasteiger partial charge on any atom is -0.381 e. The summed E-state index contributed by atoms with van der Waals surface area (Å²) in [6, 6.07) is 5.18. The number of carbonyl (C=O) groups is 1. The van der Waals surface area contributed by atoms with E-state index in [1.165, 1.54) is 0 Å². The summed E-state index contributed by atoms with van der Waals surface area (Å²) >= 11 is 0. The number of carbonyl (C=O) groups excluding carboxylic acids is 1. The van der Waals surface area contributed by atoms with Gasteiger partial charge in [-0.25, -0.2) is 0 Å². The van der Waals surface area contributed by atoms with Gasteiger partial charge in [0.05, 0.1) is 5.56 Å². The van der Waals surface area contributed by atoms with E-state index in [9.17, 15) is 9.70 Å². The van der Waals surface area contributed by atoms with Crippen LogP contribution in [-0.4, -0.2) is 12.5 Å². The van der Waals surface area contributed by atoms with Gasteiger partial charge in [0.25, 0.3) is 0 Å². The van der Waals surface area contributed by atoms with Crippen LogP contribution in [-0.2, 0) is 0 Å². The van der Waals surface area contributed by atoms with E-state index in [1.54, 1.807) is 12.1 Å². The molecule has 0 bridgehead atoms. The number of nitroso groups, excluding NO2 is 1. The SMILES string of the molecule is O=NC(=O)c1cccc2c1C=CCN2. The molecule has 1 aromatic rings. The predicted molar refractivity (Wildman–Crippen MR) is 54.1 cm³/mol. The third-order valence-electron chi connectivity index (χ3n) is 2.11. The number of amides is 1. The standard InChI is InChI=1S/C10H8N2O2/c13-10(12-14)8-3-1-5-9-7(8)4-2-6-11-9/h1-5,11H,6H2. The summed E-state index contributed by atoms with van der Waals surface area (Å²) < 4.78 is 0. The average Bonchev–Trinajstić information content (AvgIpc) is 2.27. The second-order valence-corrected chi connectivity index (χ2v) is 2.95. The summed E-state index contributed by atoms with van der Waals surface area (Å²) in [5.41, 5.74) is 1.95. The lowest BCUT2D eigenvalue weighted by Gasteiger charge is -2.14. The molecule has 1 N–H and O–H groups in total. The largest absolute Gasteiger partial charge is 0.381 e. The average molecular weight is 188 g/mol. The Morgan fingerprint density at radius 3 is 3.07 bits per heavy atom. The van der Waals surface area contributed by atoms with Crippen LogP contribution >= 0.6 is 0 Å². The Bertz CT molecular complexity index is 424. The van der Waals surface area contributed by atoms with Gasteiger partial charge in [-0.05, 0) is 12.1 Å². The second-order valence-electron chi connectivity index (χ2n) is 2.95. The molecule has 1 aromatic carbocycles. The highest BCUT2D eigenvalue weighted by Gasteiger charge is 2.14. The van der Waals surface area contributed by atoms with Crippen LogP contribution in [0.25, 0.3) is 6.08 Å². The quantitative estimate of drug-likeness (QED) is 0.686. The molecular formula is C10H8N2O2. The van der Waals surface area contributed by atoms with E-state index in [1.807, 2.05) is 18.2 Å². The first-order valence-electron chi connectivity index (χ1n) is 4.24. The van der Waals surface area contributed by atoms with Gasteiger partial charge >= 0.3 is 5.91 Å². The minimum absolute atomic E-state index is 0.348. The first-order chi connectivity index (χ1) is 6.83. The van der Waals surface area contributed by atoms with Crippen LogP contribution in [0, 0.1) is 4.91 Å². The first kappa shape index (κ1) is 8.62. The van der Waals surface area contributed by atoms with Crippen LogP contribution in [0.5, 0.6) is 0 Å². The van der Waals surface area contributed by atoms with E-state index >= 15 is 0 Å². The zero-order valence-electron chi connectivity index (χ0n) is 7.36. The van der Waals surface area contributed by atoms with Gasteiger partial charge in [-0.15, -0.1) is 4.91 Å². The van der Waals surface area contributed by atoms with Crippen molar-refractivity contribution < 1.29 is 4.79 Å². The van der Waals surface area contributed by atoms with E-state index in [0.717, 1.165) is 17.8 Å². The molecule has 0 saturated heterocycles. The fraction of sp³-hybridized carbons (Fsp3) is 0.100. The normalized spacial score (nSPS) is 12.9. The fourth-order valence-electron chi connectivity index (χ4n) is 1.48. The molecule has 1 heterocycles. The molecule has 0 radical (unpaired) electrons. The van der Waals surface area contributed by atoms with Crippen LogP contribution < -0.4 is 5.32 Å². The molecule has 70 valence electrons. The van der Waals surface area contributed by atoms with Gasteiger partial charge in [-0.2, -0.15) is 0 Å². The summed E-state index contributed by atoms with van der Waals surface area (Å²) in [7, 11) is 0. The Kier molecular flexibility index (Phi) is 2.10. The molecule has 1 aliphatic rings. The van der Waals surface area contributed by atoms with Gasteiger partial charge in [0, 0.05) is 23.0 Å². The maximum Gasteiger partial charge on any atom is 0.317 e. The smallest absolute Gasteiger partial charge is 0.317 e. The third-order valence-corrected chi connectivity index (χ3v) is 2.11. The maximum atomic E-state index is 11.1. The Labute approximate surface area is 80.6 Å². The highest BCUT2D eigenvalue weighted by Crippen LogP contribution is 2.24. The monoisotopic (exact) mass is 188 g/mol. The Morgan fingerprint density at radius 1 is 1.43 bits per heavy atom. The molecular weight excluding hydrogens is 180 g/mol. The zero-order chi connectivity index (χ0) is 9.97. The van der Waals surface area contributed by atoms with Crippen molar-refractivity contribution in [2.24, 2.45) is 5.18 Å². The van der Waals surface area contributed by atoms with E-state index in [-0.39, 0.29) is 0 Å². The summed E-state index contributed by atoms with van der Waals surface area (Å²) in [4.78, 5) is 21.3. The zero-order valence-corrected chi connectivity index (χ0v) is 7.36. The fourth-order valence-corrected chi connectivity index (χ4v) is 1.48. The van der Waals surface area contributed by atoms with Crippen LogP contribution in [0.1, 0.15) is 15.9 Å². The Hall–Kier alpha value is -1.97. The maximum absolute atomic E-state index is 11.1. The highest BCUT2D eigenvalue weighted by molar-refractivity contribution is 6.00. The molecule has 4 nitrogen and oxygen atoms in total. The molecule has 0 aromatic heterocycles. The van der Waals surface area contributed by atoms with Crippen LogP contribution in [0.3, 0.4) is 0 Å². The lowest BCUT2D eigenvalue weighted by molar-refractivity contribution is 0.100. The van der Waals surface area contributed by atoms with Gasteiger partial charge in [0.1, 0.15) is 0 Å². The first-order valence-corrected chi connectivity index (χ1v) is 4.24. The van der Waals surface area contributed by atoms with Crippen molar-refractivity contribution in [1.29, 1.82) is 0 Å². The van der Waals surface area contributed by atoms with Crippen LogP contribution in [0.15, 0.2) is 29.5 Å². The summed E-state index contributed by atoms with van der Waals surface area (Å²) in [6.45, 7) is 0.735. The van der Waals surface area contributed by atoms with E-state index in [4.69, 9.17) is 0 Å². The van der Waals surface area contributed by atoms with Gasteiger partial charge in [0.15, 0.2) is 0 Å². The number of rotatable bonds is 1. The number of anilines is 1. The molecule has 2 rings (SSSR count). The molecule has 0 aliphatic carbocycles. The second kappa shape index (κ2) is 3.41. The van der Waals surface area contributed by atoms with E-state index in [0.29, 0.717) is 5.56 Å². The number of hydrogen-bond donors (Lipinski definition) is 1. The van der Waals surface area contributed by atoms with Gasteiger partial charge < -0.3 is 5.32 Å². The van der Waals surface area contributed by atoms with Crippen LogP contribution in [0.4, 0.5) is 5.69 Å².